The van der Waals surface area contributed by atoms with Crippen molar-refractivity contribution in [2.45, 2.75) is 45.1 Å². The zero-order valence-corrected chi connectivity index (χ0v) is 16.4. The average Bonchev–Trinajstić information content (AvgIpc) is 3.15. The van der Waals surface area contributed by atoms with Crippen LogP contribution in [0.1, 0.15) is 59.5 Å². The van der Waals surface area contributed by atoms with E-state index in [9.17, 15) is 9.90 Å². The number of piperidine rings is 1. The molecule has 2 aromatic rings. The summed E-state index contributed by atoms with van der Waals surface area (Å²) in [5, 5.41) is 10.7. The largest absolute Gasteiger partial charge is 0.454 e. The zero-order valence-electron chi connectivity index (χ0n) is 16.4. The second-order valence-corrected chi connectivity index (χ2v) is 7.71. The highest BCUT2D eigenvalue weighted by Gasteiger charge is 2.33. The molecule has 2 aliphatic rings. The molecule has 3 heterocycles. The van der Waals surface area contributed by atoms with Gasteiger partial charge in [-0.3, -0.25) is 4.79 Å². The van der Waals surface area contributed by atoms with Crippen LogP contribution in [0.2, 0.25) is 0 Å². The Balaban J connectivity index is 1.47. The summed E-state index contributed by atoms with van der Waals surface area (Å²) in [5.74, 6) is 2.21. The molecule has 0 bridgehead atoms. The third kappa shape index (κ3) is 3.42. The minimum absolute atomic E-state index is 0.0424. The molecule has 1 amide bonds. The number of carbonyl (C=O) groups is 1. The fourth-order valence-electron chi connectivity index (χ4n) is 3.79. The molecular weight excluding hydrogens is 358 g/mol. The van der Waals surface area contributed by atoms with Gasteiger partial charge in [0.25, 0.3) is 5.91 Å². The Hall–Kier alpha value is -2.67. The molecule has 1 aromatic heterocycles. The Morgan fingerprint density at radius 2 is 2.07 bits per heavy atom. The van der Waals surface area contributed by atoms with Crippen molar-refractivity contribution in [1.29, 1.82) is 0 Å². The molecule has 0 spiro atoms. The van der Waals surface area contributed by atoms with Gasteiger partial charge in [-0.2, -0.15) is 0 Å². The molecule has 2 aliphatic heterocycles. The maximum atomic E-state index is 12.9. The van der Waals surface area contributed by atoms with E-state index in [0.29, 0.717) is 30.0 Å². The molecule has 0 saturated carbocycles. The number of likely N-dealkylation sites (tertiary alicyclic amines) is 1. The summed E-state index contributed by atoms with van der Waals surface area (Å²) in [4.78, 5) is 23.4. The minimum Gasteiger partial charge on any atom is -0.454 e. The van der Waals surface area contributed by atoms with Gasteiger partial charge >= 0.3 is 0 Å². The van der Waals surface area contributed by atoms with Crippen molar-refractivity contribution in [3.8, 4) is 11.5 Å². The number of aryl methyl sites for hydroxylation is 1. The lowest BCUT2D eigenvalue weighted by atomic mass is 9.86. The maximum Gasteiger partial charge on any atom is 0.257 e. The minimum atomic E-state index is -0.644. The van der Waals surface area contributed by atoms with Crippen LogP contribution < -0.4 is 9.47 Å². The van der Waals surface area contributed by atoms with Crippen LogP contribution in [-0.2, 0) is 0 Å². The molecule has 1 saturated heterocycles. The summed E-state index contributed by atoms with van der Waals surface area (Å²) in [5.41, 5.74) is 2.18. The first-order chi connectivity index (χ1) is 13.4. The van der Waals surface area contributed by atoms with Crippen LogP contribution in [0.15, 0.2) is 24.4 Å². The molecule has 1 N–H and O–H groups in total. The van der Waals surface area contributed by atoms with Crippen molar-refractivity contribution >= 4 is 5.91 Å². The Bertz CT molecular complexity index is 899. The van der Waals surface area contributed by atoms with E-state index in [-0.39, 0.29) is 31.1 Å². The molecule has 28 heavy (non-hydrogen) atoms. The van der Waals surface area contributed by atoms with Gasteiger partial charge in [0.15, 0.2) is 11.5 Å². The van der Waals surface area contributed by atoms with Gasteiger partial charge in [-0.15, -0.1) is 0 Å². The van der Waals surface area contributed by atoms with Crippen LogP contribution >= 0.6 is 0 Å². The number of aliphatic hydroxyl groups excluding tert-OH is 1. The number of carbonyl (C=O) groups excluding carboxylic acids is 1. The van der Waals surface area contributed by atoms with E-state index in [2.05, 4.69) is 9.97 Å². The number of hydrogen-bond donors (Lipinski definition) is 1. The SMILES string of the molecule is Cc1nc(C(C)C)ncc1C(=O)N1CC[C@@H](c2ccc3c(c2)OCO3)[C@H](O)C1. The maximum absolute atomic E-state index is 12.9. The highest BCUT2D eigenvalue weighted by molar-refractivity contribution is 5.95. The topological polar surface area (TPSA) is 84.8 Å². The van der Waals surface area contributed by atoms with Crippen molar-refractivity contribution < 1.29 is 19.4 Å². The summed E-state index contributed by atoms with van der Waals surface area (Å²) >= 11 is 0. The number of aromatic nitrogens is 2. The van der Waals surface area contributed by atoms with E-state index in [1.165, 1.54) is 0 Å². The zero-order chi connectivity index (χ0) is 19.8. The fourth-order valence-corrected chi connectivity index (χ4v) is 3.79. The van der Waals surface area contributed by atoms with Gasteiger partial charge in [0.1, 0.15) is 5.82 Å². The van der Waals surface area contributed by atoms with E-state index in [1.807, 2.05) is 39.0 Å². The Morgan fingerprint density at radius 1 is 1.29 bits per heavy atom. The molecule has 7 heteroatoms. The molecule has 0 radical (unpaired) electrons. The van der Waals surface area contributed by atoms with Crippen molar-refractivity contribution in [2.24, 2.45) is 0 Å². The smallest absolute Gasteiger partial charge is 0.257 e. The van der Waals surface area contributed by atoms with Crippen molar-refractivity contribution in [3.63, 3.8) is 0 Å². The van der Waals surface area contributed by atoms with Gasteiger partial charge in [-0.1, -0.05) is 19.9 Å². The van der Waals surface area contributed by atoms with E-state index < -0.39 is 6.10 Å². The van der Waals surface area contributed by atoms with Gasteiger partial charge in [0.05, 0.1) is 17.4 Å². The average molecular weight is 383 g/mol. The quantitative estimate of drug-likeness (QED) is 0.877. The van der Waals surface area contributed by atoms with Crippen molar-refractivity contribution in [1.82, 2.24) is 14.9 Å². The molecule has 1 fully saturated rings. The highest BCUT2D eigenvalue weighted by atomic mass is 16.7. The summed E-state index contributed by atoms with van der Waals surface area (Å²) in [6.45, 7) is 6.95. The normalized spacial score (nSPS) is 21.2. The number of β-amino-alcohol motifs (C(OH)–C–C–N with tert-alkyl or cyclic N) is 1. The van der Waals surface area contributed by atoms with Crippen LogP contribution in [0.5, 0.6) is 11.5 Å². The predicted octanol–water partition coefficient (Wildman–Crippen LogP) is 2.63. The number of nitrogens with zero attached hydrogens (tertiary/aromatic N) is 3. The molecule has 0 aliphatic carbocycles. The lowest BCUT2D eigenvalue weighted by Crippen LogP contribution is -2.46. The lowest BCUT2D eigenvalue weighted by molar-refractivity contribution is 0.0380. The van der Waals surface area contributed by atoms with Crippen molar-refractivity contribution in [2.75, 3.05) is 19.9 Å². The number of fused-ring (bicyclic) bond motifs is 1. The second-order valence-electron chi connectivity index (χ2n) is 7.71. The van der Waals surface area contributed by atoms with Crippen LogP contribution in [-0.4, -0.2) is 51.9 Å². The third-order valence-corrected chi connectivity index (χ3v) is 5.44. The first-order valence-electron chi connectivity index (χ1n) is 9.64. The first kappa shape index (κ1) is 18.7. The predicted molar refractivity (Wildman–Crippen MR) is 103 cm³/mol. The van der Waals surface area contributed by atoms with Gasteiger partial charge in [0.2, 0.25) is 6.79 Å². The van der Waals surface area contributed by atoms with E-state index in [1.54, 1.807) is 11.1 Å². The van der Waals surface area contributed by atoms with E-state index >= 15 is 0 Å². The van der Waals surface area contributed by atoms with Gasteiger partial charge in [0, 0.05) is 31.1 Å². The van der Waals surface area contributed by atoms with Crippen molar-refractivity contribution in [3.05, 3.63) is 47.0 Å². The number of benzene rings is 1. The molecule has 2 atom stereocenters. The summed E-state index contributed by atoms with van der Waals surface area (Å²) in [6.07, 6.45) is 1.64. The Morgan fingerprint density at radius 3 is 2.79 bits per heavy atom. The Kier molecular flexibility index (Phi) is 4.93. The number of aliphatic hydroxyl groups is 1. The summed E-state index contributed by atoms with van der Waals surface area (Å²) in [6, 6.07) is 5.76. The molecular formula is C21H25N3O4. The molecule has 7 nitrogen and oxygen atoms in total. The third-order valence-electron chi connectivity index (χ3n) is 5.44. The monoisotopic (exact) mass is 383 g/mol. The van der Waals surface area contributed by atoms with Gasteiger partial charge in [-0.05, 0) is 31.0 Å². The fraction of sp³-hybridized carbons (Fsp3) is 0.476. The van der Waals surface area contributed by atoms with E-state index in [0.717, 1.165) is 17.1 Å². The molecule has 148 valence electrons. The van der Waals surface area contributed by atoms with Crippen LogP contribution in [0.4, 0.5) is 0 Å². The first-order valence-corrected chi connectivity index (χ1v) is 9.64. The number of rotatable bonds is 3. The number of ether oxygens (including phenoxy) is 2. The highest BCUT2D eigenvalue weighted by Crippen LogP contribution is 2.37. The summed E-state index contributed by atoms with van der Waals surface area (Å²) < 4.78 is 10.8. The molecule has 1 aromatic carbocycles. The molecule has 4 rings (SSSR count). The number of amides is 1. The van der Waals surface area contributed by atoms with E-state index in [4.69, 9.17) is 9.47 Å². The number of hydrogen-bond acceptors (Lipinski definition) is 6. The molecule has 0 unspecified atom stereocenters. The second kappa shape index (κ2) is 7.39. The van der Waals surface area contributed by atoms with Gasteiger partial charge in [-0.25, -0.2) is 9.97 Å². The van der Waals surface area contributed by atoms with Crippen LogP contribution in [0.25, 0.3) is 0 Å². The van der Waals surface area contributed by atoms with Gasteiger partial charge < -0.3 is 19.5 Å². The van der Waals surface area contributed by atoms with Crippen LogP contribution in [0.3, 0.4) is 0 Å². The van der Waals surface area contributed by atoms with Crippen LogP contribution in [0, 0.1) is 6.92 Å². The summed E-state index contributed by atoms with van der Waals surface area (Å²) in [7, 11) is 0. The Labute approximate surface area is 164 Å². The lowest BCUT2D eigenvalue weighted by Gasteiger charge is -2.36. The standard InChI is InChI=1S/C21H25N3O4/c1-12(2)20-22-9-16(13(3)23-20)21(26)24-7-6-15(17(25)10-24)14-4-5-18-19(8-14)28-11-27-18/h4-5,8-9,12,15,17,25H,6-7,10-11H2,1-3H3/t15-,17+/m0/s1.